The molecule has 0 bridgehead atoms. The van der Waals surface area contributed by atoms with E-state index in [-0.39, 0.29) is 5.60 Å². The summed E-state index contributed by atoms with van der Waals surface area (Å²) in [5.74, 6) is 0.369. The minimum Gasteiger partial charge on any atom is -0.407 e. The first kappa shape index (κ1) is 18.0. The molecule has 0 aliphatic carbocycles. The summed E-state index contributed by atoms with van der Waals surface area (Å²) in [6, 6.07) is 2.21. The van der Waals surface area contributed by atoms with Crippen LogP contribution in [0.1, 0.15) is 57.2 Å². The van der Waals surface area contributed by atoms with Gasteiger partial charge >= 0.3 is 0 Å². The minimum absolute atomic E-state index is 0.306. The summed E-state index contributed by atoms with van der Waals surface area (Å²) in [7, 11) is 0. The van der Waals surface area contributed by atoms with Crippen LogP contribution in [0.3, 0.4) is 0 Å². The van der Waals surface area contributed by atoms with E-state index >= 15 is 0 Å². The van der Waals surface area contributed by atoms with E-state index in [1.807, 2.05) is 9.25 Å². The van der Waals surface area contributed by atoms with Gasteiger partial charge in [-0.15, -0.1) is 11.3 Å². The lowest BCUT2D eigenvalue weighted by Gasteiger charge is -2.25. The summed E-state index contributed by atoms with van der Waals surface area (Å²) in [4.78, 5) is 12.0. The molecule has 0 atom stereocenters. The second-order valence-electron chi connectivity index (χ2n) is 8.38. The minimum atomic E-state index is -0.306. The van der Waals surface area contributed by atoms with Crippen molar-refractivity contribution >= 4 is 27.2 Å². The van der Waals surface area contributed by atoms with Crippen LogP contribution in [0.25, 0.3) is 27.1 Å². The first-order valence-corrected chi connectivity index (χ1v) is 10.2. The van der Waals surface area contributed by atoms with Crippen molar-refractivity contribution in [2.75, 3.05) is 0 Å². The molecule has 4 heterocycles. The van der Waals surface area contributed by atoms with Crippen molar-refractivity contribution in [1.29, 1.82) is 0 Å². The molecule has 4 aromatic rings. The lowest BCUT2D eigenvalue weighted by Crippen LogP contribution is -2.31. The van der Waals surface area contributed by atoms with Gasteiger partial charge in [0.05, 0.1) is 5.69 Å². The van der Waals surface area contributed by atoms with Gasteiger partial charge in [-0.1, -0.05) is 13.8 Å². The Morgan fingerprint density at radius 2 is 1.89 bits per heavy atom. The van der Waals surface area contributed by atoms with Crippen LogP contribution in [-0.4, -0.2) is 24.9 Å². The highest BCUT2D eigenvalue weighted by Gasteiger charge is 2.27. The Balaban J connectivity index is 2.12. The summed E-state index contributed by atoms with van der Waals surface area (Å²) in [6.07, 6.45) is 3.69. The Labute approximate surface area is 163 Å². The van der Waals surface area contributed by atoms with Crippen molar-refractivity contribution in [1.82, 2.24) is 19.3 Å². The van der Waals surface area contributed by atoms with E-state index in [9.17, 15) is 0 Å². The number of fused-ring (bicyclic) bond motifs is 2. The molecule has 0 unspecified atom stereocenters. The van der Waals surface area contributed by atoms with Crippen molar-refractivity contribution in [3.8, 4) is 11.3 Å². The largest absolute Gasteiger partial charge is 0.407 e. The highest BCUT2D eigenvalue weighted by molar-refractivity contribution is 7.16. The molecule has 0 aliphatic heterocycles. The third-order valence-electron chi connectivity index (χ3n) is 4.90. The first-order chi connectivity index (χ1) is 12.7. The zero-order chi connectivity index (χ0) is 19.5. The number of nitrogens with zero attached hydrogens (tertiary/aromatic N) is 4. The van der Waals surface area contributed by atoms with E-state index in [4.69, 9.17) is 4.84 Å². The maximum Gasteiger partial charge on any atom is 0.158 e. The first-order valence-electron chi connectivity index (χ1n) is 9.30. The molecule has 0 aliphatic rings. The van der Waals surface area contributed by atoms with Crippen LogP contribution < -0.4 is 4.84 Å². The summed E-state index contributed by atoms with van der Waals surface area (Å²) < 4.78 is 3.91. The molecule has 0 N–H and O–H groups in total. The van der Waals surface area contributed by atoms with Crippen molar-refractivity contribution in [3.63, 3.8) is 0 Å². The van der Waals surface area contributed by atoms with Crippen molar-refractivity contribution in [2.24, 2.45) is 0 Å². The zero-order valence-corrected chi connectivity index (χ0v) is 17.8. The second kappa shape index (κ2) is 6.09. The van der Waals surface area contributed by atoms with Crippen LogP contribution in [-0.2, 0) is 0 Å². The van der Waals surface area contributed by atoms with Gasteiger partial charge in [0.1, 0.15) is 16.8 Å². The number of thiophene rings is 1. The summed E-state index contributed by atoms with van der Waals surface area (Å²) in [5, 5.41) is 7.79. The standard InChI is InChI=1S/C21H26N4OS/c1-12(2)17-15-8-9-27-20(15)25(26-21(5,6)7)18(17)16-10-24-19(22-11-23-24)14(4)13(16)3/h8-12H,1-7H3. The Kier molecular flexibility index (Phi) is 4.07. The number of rotatable bonds is 3. The molecule has 0 radical (unpaired) electrons. The smallest absolute Gasteiger partial charge is 0.158 e. The fraction of sp³-hybridized carbons (Fsp3) is 0.429. The number of hydrogen-bond acceptors (Lipinski definition) is 4. The van der Waals surface area contributed by atoms with Gasteiger partial charge in [-0.25, -0.2) is 9.50 Å². The van der Waals surface area contributed by atoms with E-state index in [1.165, 1.54) is 16.5 Å². The Hall–Kier alpha value is -2.34. The van der Waals surface area contributed by atoms with Gasteiger partial charge in [0.25, 0.3) is 0 Å². The number of aryl methyl sites for hydroxylation is 1. The average Bonchev–Trinajstić information content (AvgIpc) is 3.25. The van der Waals surface area contributed by atoms with Crippen LogP contribution >= 0.6 is 11.3 Å². The molecule has 5 nitrogen and oxygen atoms in total. The van der Waals surface area contributed by atoms with Crippen molar-refractivity contribution in [2.45, 2.75) is 60.0 Å². The van der Waals surface area contributed by atoms with E-state index in [0.29, 0.717) is 5.92 Å². The molecule has 0 spiro atoms. The predicted molar refractivity (Wildman–Crippen MR) is 112 cm³/mol. The molecule has 0 aromatic carbocycles. The van der Waals surface area contributed by atoms with Crippen LogP contribution in [0, 0.1) is 13.8 Å². The summed E-state index contributed by atoms with van der Waals surface area (Å²) in [6.45, 7) is 15.0. The van der Waals surface area contributed by atoms with Gasteiger partial charge in [0, 0.05) is 17.1 Å². The average molecular weight is 383 g/mol. The molecular formula is C21H26N4OS. The highest BCUT2D eigenvalue weighted by Crippen LogP contribution is 2.42. The van der Waals surface area contributed by atoms with E-state index in [2.05, 4.69) is 76.2 Å². The lowest BCUT2D eigenvalue weighted by molar-refractivity contribution is -0.00522. The third kappa shape index (κ3) is 2.83. The second-order valence-corrected chi connectivity index (χ2v) is 9.27. The molecule has 4 rings (SSSR count). The quantitative estimate of drug-likeness (QED) is 0.478. The number of aromatic nitrogens is 4. The molecule has 0 amide bonds. The molecule has 0 saturated heterocycles. The molecule has 27 heavy (non-hydrogen) atoms. The van der Waals surface area contributed by atoms with Crippen LogP contribution in [0.4, 0.5) is 0 Å². The molecular weight excluding hydrogens is 356 g/mol. The fourth-order valence-electron chi connectivity index (χ4n) is 3.64. The van der Waals surface area contributed by atoms with Crippen LogP contribution in [0.2, 0.25) is 0 Å². The molecule has 0 saturated carbocycles. The summed E-state index contributed by atoms with van der Waals surface area (Å²) >= 11 is 1.72. The van der Waals surface area contributed by atoms with Crippen LogP contribution in [0.5, 0.6) is 0 Å². The van der Waals surface area contributed by atoms with Gasteiger partial charge < -0.3 is 4.84 Å². The van der Waals surface area contributed by atoms with Gasteiger partial charge in [-0.05, 0) is 68.7 Å². The zero-order valence-electron chi connectivity index (χ0n) is 17.0. The Morgan fingerprint density at radius 1 is 1.15 bits per heavy atom. The van der Waals surface area contributed by atoms with Gasteiger partial charge in [-0.3, -0.25) is 0 Å². The van der Waals surface area contributed by atoms with Gasteiger partial charge in [-0.2, -0.15) is 9.83 Å². The Morgan fingerprint density at radius 3 is 2.56 bits per heavy atom. The molecule has 6 heteroatoms. The highest BCUT2D eigenvalue weighted by atomic mass is 32.1. The third-order valence-corrected chi connectivity index (χ3v) is 5.78. The topological polar surface area (TPSA) is 44.4 Å². The predicted octanol–water partition coefficient (Wildman–Crippen LogP) is 5.38. The molecule has 4 aromatic heterocycles. The number of hydrogen-bond donors (Lipinski definition) is 0. The SMILES string of the molecule is Cc1c(-c2c(C(C)C)c3ccsc3n2OC(C)(C)C)cn2ncnc2c1C. The fourth-order valence-corrected chi connectivity index (χ4v) is 4.50. The summed E-state index contributed by atoms with van der Waals surface area (Å²) in [5.41, 5.74) is 6.53. The van der Waals surface area contributed by atoms with Crippen LogP contribution in [0.15, 0.2) is 24.0 Å². The van der Waals surface area contributed by atoms with E-state index in [1.54, 1.807) is 17.7 Å². The molecule has 142 valence electrons. The van der Waals surface area contributed by atoms with Crippen molar-refractivity contribution in [3.05, 3.63) is 40.7 Å². The van der Waals surface area contributed by atoms with Gasteiger partial charge in [0.2, 0.25) is 0 Å². The Bertz CT molecular complexity index is 1140. The maximum atomic E-state index is 6.46. The number of pyridine rings is 1. The van der Waals surface area contributed by atoms with E-state index < -0.39 is 0 Å². The van der Waals surface area contributed by atoms with E-state index in [0.717, 1.165) is 27.3 Å². The monoisotopic (exact) mass is 382 g/mol. The molecule has 0 fully saturated rings. The van der Waals surface area contributed by atoms with Crippen molar-refractivity contribution < 1.29 is 4.84 Å². The maximum absolute atomic E-state index is 6.46. The van der Waals surface area contributed by atoms with Gasteiger partial charge in [0.15, 0.2) is 5.65 Å². The lowest BCUT2D eigenvalue weighted by atomic mass is 9.94. The normalized spacial score (nSPS) is 12.6.